The minimum absolute atomic E-state index is 0.000784. The van der Waals surface area contributed by atoms with Crippen LogP contribution in [0, 0.1) is 34.5 Å². The highest BCUT2D eigenvalue weighted by Gasteiger charge is 2.73. The molecule has 2 N–H and O–H groups in total. The number of carbonyl (C=O) groups excluding carboxylic acids is 3. The van der Waals surface area contributed by atoms with Crippen LogP contribution in [0.5, 0.6) is 0 Å². The van der Waals surface area contributed by atoms with Gasteiger partial charge in [0, 0.05) is 33.9 Å². The molecule has 0 aromatic heterocycles. The van der Waals surface area contributed by atoms with Crippen LogP contribution in [0.1, 0.15) is 66.2 Å². The quantitative estimate of drug-likeness (QED) is 0.394. The van der Waals surface area contributed by atoms with Gasteiger partial charge in [0.05, 0.1) is 6.10 Å². The molecule has 0 amide bonds. The van der Waals surface area contributed by atoms with Crippen molar-refractivity contribution in [3.05, 3.63) is 23.8 Å². The second-order valence-electron chi connectivity index (χ2n) is 11.3. The third-order valence-electron chi connectivity index (χ3n) is 9.59. The standard InChI is InChI=1S/C27H37BrO6/c1-5-6-7-22(33)34-27(21(32)14-29)15(2)10-18-23-19(28)12-16-11-17(30)8-9-25(16,3)24(23)20(31)13-26(18,27)4/h8-9,11,15,18-20,23-24,29,31H,5-7,10,12-14H2,1-4H3/t15?,18-,19?,20?,23+,24-,25-,26-,27-/m0/s1. The van der Waals surface area contributed by atoms with Crippen molar-refractivity contribution in [1.29, 1.82) is 0 Å². The van der Waals surface area contributed by atoms with Crippen LogP contribution in [0.2, 0.25) is 0 Å². The van der Waals surface area contributed by atoms with E-state index in [0.29, 0.717) is 25.7 Å². The first-order valence-electron chi connectivity index (χ1n) is 12.6. The molecule has 0 saturated heterocycles. The number of Topliss-reactive ketones (excluding diaryl/α,β-unsaturated/α-hetero) is 1. The maximum absolute atomic E-state index is 13.4. The van der Waals surface area contributed by atoms with Gasteiger partial charge in [0.1, 0.15) is 6.61 Å². The molecule has 188 valence electrons. The number of aliphatic hydroxyl groups is 2. The van der Waals surface area contributed by atoms with Crippen molar-refractivity contribution in [3.8, 4) is 0 Å². The molecule has 4 aliphatic carbocycles. The summed E-state index contributed by atoms with van der Waals surface area (Å²) in [6, 6.07) is 0. The van der Waals surface area contributed by atoms with E-state index in [-0.39, 0.29) is 40.7 Å². The van der Waals surface area contributed by atoms with Crippen molar-refractivity contribution >= 4 is 33.5 Å². The number of fused-ring (bicyclic) bond motifs is 5. The Bertz CT molecular complexity index is 941. The molecule has 0 aliphatic heterocycles. The van der Waals surface area contributed by atoms with Crippen LogP contribution < -0.4 is 0 Å². The van der Waals surface area contributed by atoms with Gasteiger partial charge >= 0.3 is 5.97 Å². The van der Waals surface area contributed by atoms with Gasteiger partial charge in [-0.3, -0.25) is 14.4 Å². The molecule has 9 atom stereocenters. The van der Waals surface area contributed by atoms with Gasteiger partial charge < -0.3 is 14.9 Å². The summed E-state index contributed by atoms with van der Waals surface area (Å²) in [7, 11) is 0. The maximum Gasteiger partial charge on any atom is 0.306 e. The van der Waals surface area contributed by atoms with Gasteiger partial charge in [-0.2, -0.15) is 0 Å². The van der Waals surface area contributed by atoms with Crippen LogP contribution in [-0.2, 0) is 19.1 Å². The minimum Gasteiger partial charge on any atom is -0.450 e. The van der Waals surface area contributed by atoms with Gasteiger partial charge in [0.15, 0.2) is 11.4 Å². The van der Waals surface area contributed by atoms with Gasteiger partial charge in [0.2, 0.25) is 5.78 Å². The summed E-state index contributed by atoms with van der Waals surface area (Å²) in [5.41, 5.74) is -1.70. The Morgan fingerprint density at radius 2 is 2.00 bits per heavy atom. The highest BCUT2D eigenvalue weighted by atomic mass is 79.9. The van der Waals surface area contributed by atoms with Crippen molar-refractivity contribution in [2.24, 2.45) is 34.5 Å². The first kappa shape index (κ1) is 25.8. The summed E-state index contributed by atoms with van der Waals surface area (Å²) in [5.74, 6) is -1.33. The second kappa shape index (κ2) is 8.97. The zero-order valence-electron chi connectivity index (χ0n) is 20.6. The molecule has 7 heteroatoms. The molecule has 3 fully saturated rings. The number of ketones is 2. The van der Waals surface area contributed by atoms with Gasteiger partial charge in [-0.25, -0.2) is 0 Å². The lowest BCUT2D eigenvalue weighted by atomic mass is 9.46. The van der Waals surface area contributed by atoms with E-state index in [0.717, 1.165) is 12.0 Å². The topological polar surface area (TPSA) is 101 Å². The molecule has 4 aliphatic rings. The Hall–Kier alpha value is -1.31. The van der Waals surface area contributed by atoms with Crippen LogP contribution in [0.15, 0.2) is 23.8 Å². The number of hydrogen-bond donors (Lipinski definition) is 2. The van der Waals surface area contributed by atoms with E-state index in [9.17, 15) is 24.6 Å². The van der Waals surface area contributed by atoms with Crippen LogP contribution in [0.4, 0.5) is 0 Å². The SMILES string of the molecule is CCCCC(=O)O[C@]1(C(=O)CO)C(C)C[C@H]2[C@@H]3C(Br)CC4=CC(=O)C=C[C@]4(C)[C@H]3C(O)C[C@@]21C. The van der Waals surface area contributed by atoms with Gasteiger partial charge in [-0.05, 0) is 49.7 Å². The van der Waals surface area contributed by atoms with Crippen LogP contribution in [0.3, 0.4) is 0 Å². The first-order valence-corrected chi connectivity index (χ1v) is 13.5. The number of carbonyl (C=O) groups is 3. The molecule has 6 nitrogen and oxygen atoms in total. The molecule has 0 heterocycles. The number of alkyl halides is 1. The summed E-state index contributed by atoms with van der Waals surface area (Å²) >= 11 is 3.89. The average molecular weight is 537 g/mol. The Morgan fingerprint density at radius 3 is 2.65 bits per heavy atom. The Labute approximate surface area is 210 Å². The third-order valence-corrected chi connectivity index (χ3v) is 10.5. The lowest BCUT2D eigenvalue weighted by molar-refractivity contribution is -0.205. The third kappa shape index (κ3) is 3.52. The number of esters is 1. The molecule has 34 heavy (non-hydrogen) atoms. The predicted molar refractivity (Wildman–Crippen MR) is 131 cm³/mol. The molecule has 4 rings (SSSR count). The van der Waals surface area contributed by atoms with Crippen LogP contribution >= 0.6 is 15.9 Å². The van der Waals surface area contributed by atoms with Gasteiger partial charge in [-0.15, -0.1) is 0 Å². The highest BCUT2D eigenvalue weighted by molar-refractivity contribution is 9.09. The average Bonchev–Trinajstić information content (AvgIpc) is 2.99. The number of hydrogen-bond acceptors (Lipinski definition) is 6. The van der Waals surface area contributed by atoms with E-state index >= 15 is 0 Å². The molecule has 0 aromatic rings. The fourth-order valence-corrected chi connectivity index (χ4v) is 9.15. The zero-order chi connectivity index (χ0) is 25.1. The number of unbranched alkanes of at least 4 members (excludes halogenated alkanes) is 1. The smallest absolute Gasteiger partial charge is 0.306 e. The Balaban J connectivity index is 1.79. The molecule has 0 bridgehead atoms. The van der Waals surface area contributed by atoms with E-state index < -0.39 is 40.9 Å². The van der Waals surface area contributed by atoms with Gasteiger partial charge in [0.25, 0.3) is 0 Å². The van der Waals surface area contributed by atoms with Crippen molar-refractivity contribution in [3.63, 3.8) is 0 Å². The van der Waals surface area contributed by atoms with E-state index in [1.807, 2.05) is 26.8 Å². The molecule has 3 saturated carbocycles. The predicted octanol–water partition coefficient (Wildman–Crippen LogP) is 3.92. The maximum atomic E-state index is 13.4. The fourth-order valence-electron chi connectivity index (χ4n) is 8.10. The zero-order valence-corrected chi connectivity index (χ0v) is 22.1. The Morgan fingerprint density at radius 1 is 1.29 bits per heavy atom. The fraction of sp³-hybridized carbons (Fsp3) is 0.741. The summed E-state index contributed by atoms with van der Waals surface area (Å²) in [6.45, 7) is 7.29. The van der Waals surface area contributed by atoms with Crippen molar-refractivity contribution in [2.45, 2.75) is 82.8 Å². The van der Waals surface area contributed by atoms with E-state index in [1.54, 1.807) is 12.2 Å². The first-order chi connectivity index (χ1) is 16.0. The number of halogens is 1. The molecular weight excluding hydrogens is 500 g/mol. The number of ether oxygens (including phenoxy) is 1. The van der Waals surface area contributed by atoms with Crippen LogP contribution in [0.25, 0.3) is 0 Å². The lowest BCUT2D eigenvalue weighted by Gasteiger charge is -2.61. The van der Waals surface area contributed by atoms with Gasteiger partial charge in [-0.1, -0.05) is 61.7 Å². The van der Waals surface area contributed by atoms with Crippen molar-refractivity contribution < 1.29 is 29.3 Å². The lowest BCUT2D eigenvalue weighted by Crippen LogP contribution is -2.65. The minimum atomic E-state index is -1.47. The summed E-state index contributed by atoms with van der Waals surface area (Å²) in [6.07, 6.45) is 7.86. The van der Waals surface area contributed by atoms with E-state index in [4.69, 9.17) is 4.74 Å². The normalized spacial score (nSPS) is 45.1. The molecule has 0 radical (unpaired) electrons. The Kier molecular flexibility index (Phi) is 6.80. The highest BCUT2D eigenvalue weighted by Crippen LogP contribution is 2.69. The van der Waals surface area contributed by atoms with Crippen molar-refractivity contribution in [1.82, 2.24) is 0 Å². The largest absolute Gasteiger partial charge is 0.450 e. The second-order valence-corrected chi connectivity index (χ2v) is 12.5. The van der Waals surface area contributed by atoms with E-state index in [1.165, 1.54) is 0 Å². The van der Waals surface area contributed by atoms with Crippen molar-refractivity contribution in [2.75, 3.05) is 6.61 Å². The number of aliphatic hydroxyl groups excluding tert-OH is 2. The summed E-state index contributed by atoms with van der Waals surface area (Å²) in [4.78, 5) is 38.4. The number of rotatable bonds is 6. The van der Waals surface area contributed by atoms with E-state index in [2.05, 4.69) is 22.9 Å². The summed E-state index contributed by atoms with van der Waals surface area (Å²) < 4.78 is 6.10. The van der Waals surface area contributed by atoms with Crippen LogP contribution in [-0.4, -0.2) is 50.9 Å². The summed E-state index contributed by atoms with van der Waals surface area (Å²) in [5, 5.41) is 21.7. The molecular formula is C27H37BrO6. The monoisotopic (exact) mass is 536 g/mol. The molecule has 0 aromatic carbocycles. The molecule has 0 spiro atoms. The molecule has 3 unspecified atom stereocenters. The number of allylic oxidation sites excluding steroid dienone is 4.